The van der Waals surface area contributed by atoms with Crippen molar-refractivity contribution in [3.63, 3.8) is 0 Å². The highest BCUT2D eigenvalue weighted by Gasteiger charge is 2.37. The monoisotopic (exact) mass is 354 g/mol. The van der Waals surface area contributed by atoms with Gasteiger partial charge in [0, 0.05) is 32.2 Å². The summed E-state index contributed by atoms with van der Waals surface area (Å²) in [6.07, 6.45) is 2.61. The maximum absolute atomic E-state index is 10.1. The Morgan fingerprint density at radius 1 is 1.38 bits per heavy atom. The van der Waals surface area contributed by atoms with E-state index in [2.05, 4.69) is 32.2 Å². The van der Waals surface area contributed by atoms with Crippen molar-refractivity contribution >= 4 is 15.9 Å². The topological polar surface area (TPSA) is 44.7 Å². The van der Waals surface area contributed by atoms with Crippen LogP contribution in [0.4, 0.5) is 0 Å². The molecule has 2 N–H and O–H groups in total. The fourth-order valence-electron chi connectivity index (χ4n) is 3.18. The molecular weight excluding hydrogens is 332 g/mol. The maximum Gasteiger partial charge on any atom is 0.172 e. The van der Waals surface area contributed by atoms with Crippen molar-refractivity contribution in [3.05, 3.63) is 22.2 Å². The number of phenols is 1. The van der Waals surface area contributed by atoms with E-state index in [1.165, 1.54) is 18.4 Å². The minimum Gasteiger partial charge on any atom is -0.503 e. The van der Waals surface area contributed by atoms with E-state index >= 15 is 0 Å². The third-order valence-corrected chi connectivity index (χ3v) is 4.91. The molecule has 0 aromatic heterocycles. The molecule has 1 aromatic rings. The van der Waals surface area contributed by atoms with Gasteiger partial charge in [-0.25, -0.2) is 0 Å². The van der Waals surface area contributed by atoms with Crippen LogP contribution in [0.1, 0.15) is 31.4 Å². The third kappa shape index (κ3) is 3.35. The standard InChI is InChI=1S/C16H23BrN2O2/c1-2-21-14-10-12(9-13(17)16(14)20)15(11-3-4-11)19-7-5-18-6-8-19/h9-11,15,18,20H,2-8H2,1H3/t15-/m0/s1. The summed E-state index contributed by atoms with van der Waals surface area (Å²) in [5.41, 5.74) is 1.26. The van der Waals surface area contributed by atoms with Crippen molar-refractivity contribution in [2.45, 2.75) is 25.8 Å². The highest BCUT2D eigenvalue weighted by molar-refractivity contribution is 9.10. The zero-order valence-corrected chi connectivity index (χ0v) is 14.0. The Balaban J connectivity index is 1.91. The first-order valence-corrected chi connectivity index (χ1v) is 8.60. The van der Waals surface area contributed by atoms with E-state index in [-0.39, 0.29) is 5.75 Å². The number of aromatic hydroxyl groups is 1. The highest BCUT2D eigenvalue weighted by atomic mass is 79.9. The number of hydrogen-bond acceptors (Lipinski definition) is 4. The molecule has 0 unspecified atom stereocenters. The van der Waals surface area contributed by atoms with Gasteiger partial charge >= 0.3 is 0 Å². The molecule has 1 saturated carbocycles. The van der Waals surface area contributed by atoms with Crippen LogP contribution in [0.25, 0.3) is 0 Å². The largest absolute Gasteiger partial charge is 0.503 e. The molecule has 0 spiro atoms. The lowest BCUT2D eigenvalue weighted by Crippen LogP contribution is -2.45. The Kier molecular flexibility index (Phi) is 4.72. The van der Waals surface area contributed by atoms with Gasteiger partial charge in [0.2, 0.25) is 0 Å². The molecule has 2 aliphatic rings. The van der Waals surface area contributed by atoms with E-state index in [1.54, 1.807) is 0 Å². The van der Waals surface area contributed by atoms with Gasteiger partial charge in [-0.1, -0.05) is 0 Å². The summed E-state index contributed by atoms with van der Waals surface area (Å²) in [7, 11) is 0. The minimum absolute atomic E-state index is 0.204. The van der Waals surface area contributed by atoms with Gasteiger partial charge < -0.3 is 15.2 Å². The zero-order chi connectivity index (χ0) is 14.8. The van der Waals surface area contributed by atoms with Gasteiger partial charge in [0.15, 0.2) is 11.5 Å². The molecule has 2 fully saturated rings. The molecule has 21 heavy (non-hydrogen) atoms. The number of piperazine rings is 1. The number of nitrogens with one attached hydrogen (secondary N) is 1. The molecule has 5 heteroatoms. The molecule has 1 aliphatic heterocycles. The van der Waals surface area contributed by atoms with Crippen molar-refractivity contribution in [1.29, 1.82) is 0 Å². The second kappa shape index (κ2) is 6.55. The number of benzene rings is 1. The quantitative estimate of drug-likeness (QED) is 0.853. The smallest absolute Gasteiger partial charge is 0.172 e. The number of phenolic OH excluding ortho intramolecular Hbond substituents is 1. The molecule has 3 rings (SSSR count). The van der Waals surface area contributed by atoms with Gasteiger partial charge in [-0.05, 0) is 59.3 Å². The highest BCUT2D eigenvalue weighted by Crippen LogP contribution is 2.47. The van der Waals surface area contributed by atoms with Gasteiger partial charge in [0.05, 0.1) is 11.1 Å². The molecule has 0 bridgehead atoms. The van der Waals surface area contributed by atoms with Crippen molar-refractivity contribution < 1.29 is 9.84 Å². The summed E-state index contributed by atoms with van der Waals surface area (Å²) in [6.45, 7) is 6.79. The van der Waals surface area contributed by atoms with Crippen molar-refractivity contribution in [3.8, 4) is 11.5 Å². The average molecular weight is 355 g/mol. The lowest BCUT2D eigenvalue weighted by Gasteiger charge is -2.35. The van der Waals surface area contributed by atoms with E-state index in [4.69, 9.17) is 4.74 Å². The lowest BCUT2D eigenvalue weighted by molar-refractivity contribution is 0.155. The van der Waals surface area contributed by atoms with Crippen LogP contribution in [0.3, 0.4) is 0 Å². The summed E-state index contributed by atoms with van der Waals surface area (Å²) >= 11 is 3.47. The van der Waals surface area contributed by atoms with Crippen LogP contribution in [0, 0.1) is 5.92 Å². The second-order valence-corrected chi connectivity index (χ2v) is 6.71. The molecular formula is C16H23BrN2O2. The van der Waals surface area contributed by atoms with Gasteiger partial charge in [-0.3, -0.25) is 4.90 Å². The van der Waals surface area contributed by atoms with E-state index in [9.17, 15) is 5.11 Å². The van der Waals surface area contributed by atoms with Crippen molar-refractivity contribution in [2.75, 3.05) is 32.8 Å². The Morgan fingerprint density at radius 2 is 2.10 bits per heavy atom. The van der Waals surface area contributed by atoms with Gasteiger partial charge in [-0.2, -0.15) is 0 Å². The number of halogens is 1. The first-order chi connectivity index (χ1) is 10.2. The normalized spacial score (nSPS) is 21.2. The number of hydrogen-bond donors (Lipinski definition) is 2. The van der Waals surface area contributed by atoms with Gasteiger partial charge in [0.25, 0.3) is 0 Å². The predicted octanol–water partition coefficient (Wildman–Crippen LogP) is 2.91. The minimum atomic E-state index is 0.204. The summed E-state index contributed by atoms with van der Waals surface area (Å²) in [4.78, 5) is 2.57. The van der Waals surface area contributed by atoms with Gasteiger partial charge in [-0.15, -0.1) is 0 Å². The molecule has 1 atom stereocenters. The molecule has 0 amide bonds. The van der Waals surface area contributed by atoms with Crippen LogP contribution in [0.15, 0.2) is 16.6 Å². The SMILES string of the molecule is CCOc1cc([C@H](C2CC2)N2CCNCC2)cc(Br)c1O. The maximum atomic E-state index is 10.1. The molecule has 1 saturated heterocycles. The summed E-state index contributed by atoms with van der Waals surface area (Å²) in [5, 5.41) is 13.5. The number of ether oxygens (including phenoxy) is 1. The molecule has 1 aliphatic carbocycles. The fraction of sp³-hybridized carbons (Fsp3) is 0.625. The van der Waals surface area contributed by atoms with Crippen LogP contribution in [-0.4, -0.2) is 42.8 Å². The summed E-state index contributed by atoms with van der Waals surface area (Å²) in [6, 6.07) is 4.53. The summed E-state index contributed by atoms with van der Waals surface area (Å²) < 4.78 is 6.31. The first-order valence-electron chi connectivity index (χ1n) is 7.80. The Labute approximate surface area is 134 Å². The van der Waals surface area contributed by atoms with Crippen molar-refractivity contribution in [1.82, 2.24) is 10.2 Å². The predicted molar refractivity (Wildman–Crippen MR) is 86.9 cm³/mol. The van der Waals surface area contributed by atoms with Crippen LogP contribution in [0.5, 0.6) is 11.5 Å². The molecule has 1 aromatic carbocycles. The van der Waals surface area contributed by atoms with Crippen LogP contribution in [0.2, 0.25) is 0 Å². The fourth-order valence-corrected chi connectivity index (χ4v) is 3.64. The summed E-state index contributed by atoms with van der Waals surface area (Å²) in [5.74, 6) is 1.53. The van der Waals surface area contributed by atoms with E-state index in [1.807, 2.05) is 13.0 Å². The average Bonchev–Trinajstić information content (AvgIpc) is 3.30. The molecule has 4 nitrogen and oxygen atoms in total. The first kappa shape index (κ1) is 15.1. The van der Waals surface area contributed by atoms with Gasteiger partial charge in [0.1, 0.15) is 0 Å². The van der Waals surface area contributed by atoms with E-state index < -0.39 is 0 Å². The van der Waals surface area contributed by atoms with E-state index in [0.717, 1.165) is 36.6 Å². The molecule has 116 valence electrons. The second-order valence-electron chi connectivity index (χ2n) is 5.85. The zero-order valence-electron chi connectivity index (χ0n) is 12.4. The van der Waals surface area contributed by atoms with Crippen molar-refractivity contribution in [2.24, 2.45) is 5.92 Å². The van der Waals surface area contributed by atoms with E-state index in [0.29, 0.717) is 18.4 Å². The van der Waals surface area contributed by atoms with Crippen LogP contribution < -0.4 is 10.1 Å². The van der Waals surface area contributed by atoms with Crippen LogP contribution in [-0.2, 0) is 0 Å². The molecule has 0 radical (unpaired) electrons. The Hall–Kier alpha value is -0.780. The van der Waals surface area contributed by atoms with Crippen LogP contribution >= 0.6 is 15.9 Å². The Bertz CT molecular complexity index is 499. The molecule has 1 heterocycles. The lowest BCUT2D eigenvalue weighted by atomic mass is 9.99. The number of nitrogens with zero attached hydrogens (tertiary/aromatic N) is 1. The Morgan fingerprint density at radius 3 is 2.71 bits per heavy atom. The number of rotatable bonds is 5. The third-order valence-electron chi connectivity index (χ3n) is 4.31.